The van der Waals surface area contributed by atoms with Crippen LogP contribution >= 0.6 is 0 Å². The molecule has 2 aromatic rings. The lowest BCUT2D eigenvalue weighted by Gasteiger charge is -2.07. The van der Waals surface area contributed by atoms with E-state index in [9.17, 15) is 4.21 Å². The molecule has 19 heavy (non-hydrogen) atoms. The smallest absolute Gasteiger partial charge is 0.0576 e. The van der Waals surface area contributed by atoms with E-state index in [-0.39, 0.29) is 0 Å². The van der Waals surface area contributed by atoms with Gasteiger partial charge in [-0.2, -0.15) is 0 Å². The molecule has 1 aromatic carbocycles. The second kappa shape index (κ2) is 6.08. The van der Waals surface area contributed by atoms with Gasteiger partial charge < -0.3 is 5.73 Å². The Hall–Kier alpha value is -1.52. The van der Waals surface area contributed by atoms with Crippen molar-refractivity contribution in [3.8, 4) is 0 Å². The Morgan fingerprint density at radius 3 is 2.68 bits per heavy atom. The van der Waals surface area contributed by atoms with Crippen molar-refractivity contribution in [2.45, 2.75) is 31.0 Å². The first kappa shape index (κ1) is 13.9. The molecule has 1 heterocycles. The molecular weight excluding hydrogens is 256 g/mol. The monoisotopic (exact) mass is 274 g/mol. The van der Waals surface area contributed by atoms with E-state index in [0.29, 0.717) is 12.3 Å². The van der Waals surface area contributed by atoms with Gasteiger partial charge in [-0.15, -0.1) is 0 Å². The Bertz CT molecular complexity index is 611. The lowest BCUT2D eigenvalue weighted by Crippen LogP contribution is -2.03. The van der Waals surface area contributed by atoms with E-state index in [1.807, 2.05) is 38.1 Å². The third-order valence-corrected chi connectivity index (χ3v) is 4.51. The van der Waals surface area contributed by atoms with Gasteiger partial charge in [0.25, 0.3) is 0 Å². The minimum atomic E-state index is -1.03. The van der Waals surface area contributed by atoms with Crippen molar-refractivity contribution in [3.63, 3.8) is 0 Å². The average Bonchev–Trinajstić information content (AvgIpc) is 2.38. The van der Waals surface area contributed by atoms with Gasteiger partial charge in [0.15, 0.2) is 0 Å². The van der Waals surface area contributed by atoms with Crippen LogP contribution in [-0.2, 0) is 23.1 Å². The molecule has 4 heteroatoms. The lowest BCUT2D eigenvalue weighted by atomic mass is 10.2. The second-order valence-electron chi connectivity index (χ2n) is 4.62. The summed E-state index contributed by atoms with van der Waals surface area (Å²) in [5, 5.41) is 0. The van der Waals surface area contributed by atoms with Crippen molar-refractivity contribution in [1.29, 1.82) is 0 Å². The summed E-state index contributed by atoms with van der Waals surface area (Å²) in [6.07, 6.45) is 1.72. The number of nitrogens with zero attached hydrogens (tertiary/aromatic N) is 1. The fourth-order valence-corrected chi connectivity index (χ4v) is 3.29. The number of hydrogen-bond donors (Lipinski definition) is 1. The van der Waals surface area contributed by atoms with E-state index in [1.54, 1.807) is 6.20 Å². The summed E-state index contributed by atoms with van der Waals surface area (Å²) in [7, 11) is -1.03. The van der Waals surface area contributed by atoms with Gasteiger partial charge in [-0.25, -0.2) is 0 Å². The van der Waals surface area contributed by atoms with Gasteiger partial charge in [-0.3, -0.25) is 9.19 Å². The highest BCUT2D eigenvalue weighted by atomic mass is 32.2. The van der Waals surface area contributed by atoms with E-state index in [1.165, 1.54) is 5.56 Å². The van der Waals surface area contributed by atoms with Crippen LogP contribution < -0.4 is 5.73 Å². The molecule has 0 saturated carbocycles. The van der Waals surface area contributed by atoms with Crippen molar-refractivity contribution >= 4 is 10.8 Å². The first-order chi connectivity index (χ1) is 9.10. The van der Waals surface area contributed by atoms with Crippen LogP contribution in [0.15, 0.2) is 41.4 Å². The van der Waals surface area contributed by atoms with Gasteiger partial charge in [0.2, 0.25) is 0 Å². The molecule has 1 aromatic heterocycles. The Morgan fingerprint density at radius 1 is 1.21 bits per heavy atom. The predicted octanol–water partition coefficient (Wildman–Crippen LogP) is 2.46. The second-order valence-corrected chi connectivity index (χ2v) is 6.04. The highest BCUT2D eigenvalue weighted by Crippen LogP contribution is 2.18. The zero-order chi connectivity index (χ0) is 13.8. The van der Waals surface area contributed by atoms with E-state index in [4.69, 9.17) is 5.73 Å². The molecule has 0 amide bonds. The first-order valence-electron chi connectivity index (χ1n) is 6.19. The highest BCUT2D eigenvalue weighted by Gasteiger charge is 2.09. The van der Waals surface area contributed by atoms with Gasteiger partial charge in [0.05, 0.1) is 22.2 Å². The van der Waals surface area contributed by atoms with Gasteiger partial charge >= 0.3 is 0 Å². The van der Waals surface area contributed by atoms with Crippen LogP contribution in [0, 0.1) is 13.8 Å². The summed E-state index contributed by atoms with van der Waals surface area (Å²) >= 11 is 0. The molecule has 0 spiro atoms. The highest BCUT2D eigenvalue weighted by molar-refractivity contribution is 7.84. The van der Waals surface area contributed by atoms with Crippen molar-refractivity contribution in [2.75, 3.05) is 0 Å². The Kier molecular flexibility index (Phi) is 4.45. The molecule has 0 aliphatic heterocycles. The maximum atomic E-state index is 12.4. The largest absolute Gasteiger partial charge is 0.325 e. The van der Waals surface area contributed by atoms with Gasteiger partial charge in [-0.05, 0) is 43.2 Å². The molecule has 3 nitrogen and oxygen atoms in total. The molecule has 0 aliphatic rings. The number of hydrogen-bond acceptors (Lipinski definition) is 3. The van der Waals surface area contributed by atoms with E-state index in [0.717, 1.165) is 21.7 Å². The summed E-state index contributed by atoms with van der Waals surface area (Å²) in [5.41, 5.74) is 9.66. The number of aryl methyl sites for hydroxylation is 2. The molecule has 1 unspecified atom stereocenters. The quantitative estimate of drug-likeness (QED) is 0.931. The van der Waals surface area contributed by atoms with Gasteiger partial charge in [-0.1, -0.05) is 17.7 Å². The van der Waals surface area contributed by atoms with Crippen LogP contribution in [0.3, 0.4) is 0 Å². The minimum absolute atomic E-state index is 0.407. The summed E-state index contributed by atoms with van der Waals surface area (Å²) in [6.45, 7) is 4.44. The van der Waals surface area contributed by atoms with E-state index in [2.05, 4.69) is 11.1 Å². The fraction of sp³-hybridized carbons (Fsp3) is 0.267. The van der Waals surface area contributed by atoms with Crippen LogP contribution in [0.25, 0.3) is 0 Å². The molecule has 2 rings (SSSR count). The first-order valence-corrected chi connectivity index (χ1v) is 7.51. The minimum Gasteiger partial charge on any atom is -0.325 e. The Balaban J connectivity index is 2.20. The predicted molar refractivity (Wildman–Crippen MR) is 78.2 cm³/mol. The molecule has 100 valence electrons. The van der Waals surface area contributed by atoms with E-state index >= 15 is 0 Å². The van der Waals surface area contributed by atoms with Gasteiger partial charge in [0, 0.05) is 17.6 Å². The van der Waals surface area contributed by atoms with E-state index < -0.39 is 10.8 Å². The Labute approximate surface area is 116 Å². The normalized spacial score (nSPS) is 12.4. The number of nitrogens with two attached hydrogens (primary N) is 1. The summed E-state index contributed by atoms with van der Waals surface area (Å²) in [6, 6.07) is 9.82. The van der Waals surface area contributed by atoms with Crippen LogP contribution in [-0.4, -0.2) is 9.19 Å². The zero-order valence-electron chi connectivity index (χ0n) is 11.2. The molecule has 0 aliphatic carbocycles. The Morgan fingerprint density at radius 2 is 2.00 bits per heavy atom. The molecule has 0 saturated heterocycles. The summed E-state index contributed by atoms with van der Waals surface area (Å²) in [5.74, 6) is 0.499. The van der Waals surface area contributed by atoms with Gasteiger partial charge in [0.1, 0.15) is 0 Å². The number of aromatic nitrogens is 1. The lowest BCUT2D eigenvalue weighted by molar-refractivity contribution is 0.682. The van der Waals surface area contributed by atoms with Crippen LogP contribution in [0.4, 0.5) is 0 Å². The zero-order valence-corrected chi connectivity index (χ0v) is 12.0. The van der Waals surface area contributed by atoms with Crippen molar-refractivity contribution < 1.29 is 4.21 Å². The van der Waals surface area contributed by atoms with Crippen LogP contribution in [0.2, 0.25) is 0 Å². The average molecular weight is 274 g/mol. The molecule has 0 fully saturated rings. The number of benzene rings is 1. The molecule has 1 atom stereocenters. The summed E-state index contributed by atoms with van der Waals surface area (Å²) in [4.78, 5) is 5.04. The fourth-order valence-electron chi connectivity index (χ4n) is 2.01. The topological polar surface area (TPSA) is 56.0 Å². The van der Waals surface area contributed by atoms with Crippen LogP contribution in [0.5, 0.6) is 0 Å². The van der Waals surface area contributed by atoms with Crippen molar-refractivity contribution in [3.05, 3.63) is 58.9 Å². The molecule has 0 radical (unpaired) electrons. The number of rotatable bonds is 4. The molecule has 2 N–H and O–H groups in total. The van der Waals surface area contributed by atoms with Crippen molar-refractivity contribution in [1.82, 2.24) is 4.98 Å². The summed E-state index contributed by atoms with van der Waals surface area (Å²) < 4.78 is 12.4. The SMILES string of the molecule is Cc1ccc(S(=O)Cc2ccnc(CN)c2)c(C)c1. The van der Waals surface area contributed by atoms with Crippen molar-refractivity contribution in [2.24, 2.45) is 5.73 Å². The number of pyridine rings is 1. The third-order valence-electron chi connectivity index (χ3n) is 2.96. The van der Waals surface area contributed by atoms with Crippen LogP contribution in [0.1, 0.15) is 22.4 Å². The third kappa shape index (κ3) is 3.49. The maximum absolute atomic E-state index is 12.4. The molecule has 0 bridgehead atoms. The standard InChI is InChI=1S/C15H18N2OS/c1-11-3-4-15(12(2)7-11)19(18)10-13-5-6-17-14(8-13)9-16/h3-8H,9-10,16H2,1-2H3. The molecular formula is C15H18N2OS. The maximum Gasteiger partial charge on any atom is 0.0576 e.